The van der Waals surface area contributed by atoms with Crippen molar-refractivity contribution >= 4 is 17.7 Å². The Hall–Kier alpha value is -2.87. The molecule has 0 heterocycles. The number of aliphatic hydroxyl groups excluding tert-OH is 1. The topological polar surface area (TPSA) is 117 Å². The molecule has 1 aliphatic rings. The summed E-state index contributed by atoms with van der Waals surface area (Å²) in [6, 6.07) is -1.41. The lowest BCUT2D eigenvalue weighted by molar-refractivity contribution is -0.133. The number of unbranched alkanes of at least 4 members (excludes halogenated alkanes) is 1. The van der Waals surface area contributed by atoms with Gasteiger partial charge in [0.15, 0.2) is 6.61 Å². The molecule has 1 aliphatic carbocycles. The number of carbonyl (C=O) groups excluding carboxylic acids is 3. The number of amides is 3. The second-order valence-electron chi connectivity index (χ2n) is 10.5. The molecule has 8 nitrogen and oxygen atoms in total. The van der Waals surface area contributed by atoms with Crippen molar-refractivity contribution in [1.82, 2.24) is 16.0 Å². The number of hydrogen-bond acceptors (Lipinski definition) is 5. The highest BCUT2D eigenvalue weighted by atomic mass is 16.5. The van der Waals surface area contributed by atoms with Gasteiger partial charge >= 0.3 is 0 Å². The summed E-state index contributed by atoms with van der Waals surface area (Å²) in [5.41, 5.74) is 0. The zero-order valence-corrected chi connectivity index (χ0v) is 23.8. The van der Waals surface area contributed by atoms with Gasteiger partial charge in [-0.1, -0.05) is 77.8 Å². The van der Waals surface area contributed by atoms with E-state index in [0.29, 0.717) is 19.4 Å². The molecule has 0 saturated carbocycles. The van der Waals surface area contributed by atoms with E-state index in [-0.39, 0.29) is 48.5 Å². The predicted molar refractivity (Wildman–Crippen MR) is 152 cm³/mol. The number of allylic oxidation sites excluding steroid dienone is 6. The van der Waals surface area contributed by atoms with Crippen LogP contribution in [0, 0.1) is 23.7 Å². The SMILES string of the molecule is C=CC1C=CC=CC1/C=C/OCC(=O)NC(C(=O)NC(CC(C)C)C(O)CC(=O)NCCCC)C(C)CC. The summed E-state index contributed by atoms with van der Waals surface area (Å²) in [7, 11) is 0. The van der Waals surface area contributed by atoms with Crippen molar-refractivity contribution in [3.05, 3.63) is 49.3 Å². The standard InChI is InChI=1S/C30H49N3O5/c1-7-10-16-31-27(35)19-26(34)25(18-21(4)5)32-30(37)29(22(6)8-2)33-28(36)20-38-17-15-24-14-12-11-13-23(24)9-3/h9,11-15,17,21-26,29,34H,3,7-8,10,16,18-20H2,1-2,4-6H3,(H,31,35)(H,32,37)(H,33,36)/b17-15+. The molecule has 0 fully saturated rings. The van der Waals surface area contributed by atoms with E-state index in [9.17, 15) is 19.5 Å². The van der Waals surface area contributed by atoms with Gasteiger partial charge in [0, 0.05) is 18.4 Å². The highest BCUT2D eigenvalue weighted by Crippen LogP contribution is 2.21. The zero-order chi connectivity index (χ0) is 28.5. The maximum atomic E-state index is 13.3. The van der Waals surface area contributed by atoms with Gasteiger partial charge < -0.3 is 25.8 Å². The quantitative estimate of drug-likeness (QED) is 0.122. The number of hydrogen-bond donors (Lipinski definition) is 4. The second-order valence-corrected chi connectivity index (χ2v) is 10.5. The van der Waals surface area contributed by atoms with Crippen LogP contribution < -0.4 is 16.0 Å². The third kappa shape index (κ3) is 12.6. The van der Waals surface area contributed by atoms with Gasteiger partial charge in [-0.05, 0) is 30.8 Å². The van der Waals surface area contributed by atoms with E-state index in [2.05, 4.69) is 22.5 Å². The average molecular weight is 532 g/mol. The molecule has 0 bridgehead atoms. The Morgan fingerprint density at radius 3 is 2.34 bits per heavy atom. The van der Waals surface area contributed by atoms with Crippen molar-refractivity contribution in [3.63, 3.8) is 0 Å². The first-order chi connectivity index (χ1) is 18.1. The van der Waals surface area contributed by atoms with E-state index >= 15 is 0 Å². The summed E-state index contributed by atoms with van der Waals surface area (Å²) >= 11 is 0. The van der Waals surface area contributed by atoms with E-state index < -0.39 is 24.1 Å². The molecule has 0 aromatic rings. The largest absolute Gasteiger partial charge is 0.492 e. The molecule has 8 heteroatoms. The summed E-state index contributed by atoms with van der Waals surface area (Å²) in [6.07, 6.45) is 15.1. The van der Waals surface area contributed by atoms with Crippen LogP contribution in [0.25, 0.3) is 0 Å². The molecule has 0 saturated heterocycles. The van der Waals surface area contributed by atoms with Gasteiger partial charge in [0.1, 0.15) is 6.04 Å². The molecule has 3 amide bonds. The monoisotopic (exact) mass is 531 g/mol. The first-order valence-electron chi connectivity index (χ1n) is 13.9. The summed E-state index contributed by atoms with van der Waals surface area (Å²) in [5, 5.41) is 19.3. The molecule has 0 spiro atoms. The second kappa shape index (κ2) is 18.4. The normalized spacial score (nSPS) is 20.0. The van der Waals surface area contributed by atoms with E-state index in [1.54, 1.807) is 0 Å². The fraction of sp³-hybridized carbons (Fsp3) is 0.633. The highest BCUT2D eigenvalue weighted by molar-refractivity contribution is 5.88. The van der Waals surface area contributed by atoms with Gasteiger partial charge in [0.2, 0.25) is 11.8 Å². The molecule has 6 atom stereocenters. The van der Waals surface area contributed by atoms with E-state index in [1.165, 1.54) is 6.26 Å². The molecule has 0 aromatic carbocycles. The summed E-state index contributed by atoms with van der Waals surface area (Å²) in [6.45, 7) is 14.0. The summed E-state index contributed by atoms with van der Waals surface area (Å²) in [5.74, 6) is -0.717. The van der Waals surface area contributed by atoms with Crippen LogP contribution in [-0.4, -0.2) is 54.2 Å². The van der Waals surface area contributed by atoms with E-state index in [4.69, 9.17) is 4.74 Å². The van der Waals surface area contributed by atoms with Crippen LogP contribution >= 0.6 is 0 Å². The third-order valence-electron chi connectivity index (χ3n) is 6.68. The maximum Gasteiger partial charge on any atom is 0.258 e. The first kappa shape index (κ1) is 33.2. The van der Waals surface area contributed by atoms with E-state index in [0.717, 1.165) is 12.8 Å². The van der Waals surface area contributed by atoms with Crippen LogP contribution in [0.3, 0.4) is 0 Å². The lowest BCUT2D eigenvalue weighted by Gasteiger charge is -2.30. The molecule has 1 rings (SSSR count). The minimum Gasteiger partial charge on any atom is -0.492 e. The molecular weight excluding hydrogens is 482 g/mol. The number of ether oxygens (including phenoxy) is 1. The van der Waals surface area contributed by atoms with Gasteiger partial charge in [-0.15, -0.1) is 6.58 Å². The van der Waals surface area contributed by atoms with Gasteiger partial charge in [0.05, 0.1) is 24.8 Å². The Labute approximate surface area is 229 Å². The van der Waals surface area contributed by atoms with Gasteiger partial charge in [-0.3, -0.25) is 14.4 Å². The number of rotatable bonds is 18. The molecular formula is C30H49N3O5. The molecule has 6 unspecified atom stereocenters. The summed E-state index contributed by atoms with van der Waals surface area (Å²) < 4.78 is 5.44. The van der Waals surface area contributed by atoms with Crippen LogP contribution in [0.15, 0.2) is 49.3 Å². The van der Waals surface area contributed by atoms with Crippen molar-refractivity contribution < 1.29 is 24.2 Å². The minimum absolute atomic E-state index is 0.0966. The fourth-order valence-electron chi connectivity index (χ4n) is 4.16. The molecule has 4 N–H and O–H groups in total. The van der Waals surface area contributed by atoms with Crippen LogP contribution in [-0.2, 0) is 19.1 Å². The van der Waals surface area contributed by atoms with Crippen molar-refractivity contribution in [2.24, 2.45) is 23.7 Å². The van der Waals surface area contributed by atoms with Gasteiger partial charge in [0.25, 0.3) is 5.91 Å². The smallest absolute Gasteiger partial charge is 0.258 e. The van der Waals surface area contributed by atoms with Crippen LogP contribution in [0.5, 0.6) is 0 Å². The Morgan fingerprint density at radius 2 is 1.74 bits per heavy atom. The fourth-order valence-corrected chi connectivity index (χ4v) is 4.16. The predicted octanol–water partition coefficient (Wildman–Crippen LogP) is 3.79. The van der Waals surface area contributed by atoms with Crippen LogP contribution in [0.1, 0.15) is 66.7 Å². The number of nitrogens with one attached hydrogen (secondary N) is 3. The molecule has 214 valence electrons. The number of carbonyl (C=O) groups is 3. The Morgan fingerprint density at radius 1 is 1.05 bits per heavy atom. The molecule has 0 aromatic heterocycles. The Balaban J connectivity index is 2.74. The third-order valence-corrected chi connectivity index (χ3v) is 6.68. The lowest BCUT2D eigenvalue weighted by atomic mass is 9.89. The van der Waals surface area contributed by atoms with Crippen molar-refractivity contribution in [2.45, 2.75) is 84.9 Å². The average Bonchev–Trinajstić information content (AvgIpc) is 2.88. The van der Waals surface area contributed by atoms with Crippen LogP contribution in [0.2, 0.25) is 0 Å². The van der Waals surface area contributed by atoms with E-state index in [1.807, 2.05) is 71.1 Å². The maximum absolute atomic E-state index is 13.3. The molecule has 0 aliphatic heterocycles. The minimum atomic E-state index is -1.03. The molecule has 38 heavy (non-hydrogen) atoms. The van der Waals surface area contributed by atoms with Crippen LogP contribution in [0.4, 0.5) is 0 Å². The van der Waals surface area contributed by atoms with Gasteiger partial charge in [-0.2, -0.15) is 0 Å². The van der Waals surface area contributed by atoms with Gasteiger partial charge in [-0.25, -0.2) is 0 Å². The van der Waals surface area contributed by atoms with Crippen molar-refractivity contribution in [2.75, 3.05) is 13.2 Å². The Bertz CT molecular complexity index is 836. The summed E-state index contributed by atoms with van der Waals surface area (Å²) in [4.78, 5) is 38.1. The Kier molecular flexibility index (Phi) is 16.0. The lowest BCUT2D eigenvalue weighted by Crippen LogP contribution is -2.55. The molecule has 0 radical (unpaired) electrons. The van der Waals surface area contributed by atoms with Crippen molar-refractivity contribution in [3.8, 4) is 0 Å². The number of aliphatic hydroxyl groups is 1. The van der Waals surface area contributed by atoms with Crippen molar-refractivity contribution in [1.29, 1.82) is 0 Å². The first-order valence-corrected chi connectivity index (χ1v) is 13.9. The highest BCUT2D eigenvalue weighted by Gasteiger charge is 2.31. The zero-order valence-electron chi connectivity index (χ0n) is 23.8.